The molecule has 1 aliphatic heterocycles. The first kappa shape index (κ1) is 13.2. The number of primary amides is 1. The molecule has 1 unspecified atom stereocenters. The van der Waals surface area contributed by atoms with Crippen molar-refractivity contribution >= 4 is 27.9 Å². The summed E-state index contributed by atoms with van der Waals surface area (Å²) in [5, 5.41) is 4.28. The van der Waals surface area contributed by atoms with Crippen LogP contribution < -0.4 is 16.8 Å². The number of thiophene rings is 1. The van der Waals surface area contributed by atoms with Crippen LogP contribution in [0.25, 0.3) is 0 Å². The molecule has 1 amide bonds. The summed E-state index contributed by atoms with van der Waals surface area (Å²) in [5.74, 6) is -0.460. The molecule has 1 atom stereocenters. The Labute approximate surface area is 111 Å². The topological polar surface area (TPSA) is 84.4 Å². The molecule has 2 rings (SSSR count). The highest BCUT2D eigenvalue weighted by molar-refractivity contribution is 7.18. The number of anilines is 2. The molecule has 0 radical (unpaired) electrons. The molecular formula is C12H20N4OS. The van der Waals surface area contributed by atoms with Crippen molar-refractivity contribution in [3.05, 3.63) is 10.9 Å². The molecule has 1 saturated heterocycles. The van der Waals surface area contributed by atoms with Crippen LogP contribution in [-0.4, -0.2) is 36.5 Å². The number of nitrogen functional groups attached to an aromatic ring is 1. The number of nitrogens with one attached hydrogen (secondary N) is 1. The first-order valence-electron chi connectivity index (χ1n) is 6.24. The van der Waals surface area contributed by atoms with Gasteiger partial charge >= 0.3 is 0 Å². The highest BCUT2D eigenvalue weighted by atomic mass is 32.1. The van der Waals surface area contributed by atoms with Crippen LogP contribution in [0, 0.1) is 0 Å². The van der Waals surface area contributed by atoms with Crippen molar-refractivity contribution in [1.29, 1.82) is 0 Å². The normalized spacial score (nSPS) is 17.8. The summed E-state index contributed by atoms with van der Waals surface area (Å²) in [4.78, 5) is 14.0. The average Bonchev–Trinajstić information content (AvgIpc) is 2.88. The van der Waals surface area contributed by atoms with Crippen molar-refractivity contribution < 1.29 is 4.79 Å². The lowest BCUT2D eigenvalue weighted by Gasteiger charge is -2.21. The smallest absolute Gasteiger partial charge is 0.260 e. The molecule has 6 heteroatoms. The van der Waals surface area contributed by atoms with E-state index < -0.39 is 5.91 Å². The van der Waals surface area contributed by atoms with Gasteiger partial charge in [0.1, 0.15) is 4.88 Å². The lowest BCUT2D eigenvalue weighted by Crippen LogP contribution is -2.32. The number of amides is 1. The SMILES string of the molecule is CC(CN1CCCC1)Nc1cc(N)c(C(N)=O)s1. The predicted octanol–water partition coefficient (Wildman–Crippen LogP) is 1.33. The van der Waals surface area contributed by atoms with Crippen LogP contribution >= 0.6 is 11.3 Å². The maximum Gasteiger partial charge on any atom is 0.260 e. The van der Waals surface area contributed by atoms with Crippen molar-refractivity contribution in [1.82, 2.24) is 4.90 Å². The van der Waals surface area contributed by atoms with E-state index in [-0.39, 0.29) is 0 Å². The second kappa shape index (κ2) is 5.58. The fraction of sp³-hybridized carbons (Fsp3) is 0.583. The van der Waals surface area contributed by atoms with Gasteiger partial charge in [0.05, 0.1) is 10.7 Å². The summed E-state index contributed by atoms with van der Waals surface area (Å²) in [6.07, 6.45) is 2.59. The summed E-state index contributed by atoms with van der Waals surface area (Å²) < 4.78 is 0. The minimum atomic E-state index is -0.460. The number of hydrogen-bond acceptors (Lipinski definition) is 5. The largest absolute Gasteiger partial charge is 0.397 e. The van der Waals surface area contributed by atoms with Crippen molar-refractivity contribution in [2.45, 2.75) is 25.8 Å². The van der Waals surface area contributed by atoms with Gasteiger partial charge in [0.2, 0.25) is 0 Å². The van der Waals surface area contributed by atoms with Crippen molar-refractivity contribution in [3.8, 4) is 0 Å². The molecule has 0 bridgehead atoms. The summed E-state index contributed by atoms with van der Waals surface area (Å²) in [6.45, 7) is 5.53. The zero-order valence-electron chi connectivity index (χ0n) is 10.6. The molecule has 0 aromatic carbocycles. The Morgan fingerprint density at radius 1 is 1.56 bits per heavy atom. The molecule has 0 aliphatic carbocycles. The van der Waals surface area contributed by atoms with Crippen molar-refractivity contribution in [3.63, 3.8) is 0 Å². The third-order valence-electron chi connectivity index (χ3n) is 3.10. The molecule has 100 valence electrons. The highest BCUT2D eigenvalue weighted by Crippen LogP contribution is 2.29. The van der Waals surface area contributed by atoms with Gasteiger partial charge in [-0.05, 0) is 38.9 Å². The van der Waals surface area contributed by atoms with Crippen molar-refractivity contribution in [2.75, 3.05) is 30.7 Å². The first-order chi connectivity index (χ1) is 8.56. The molecule has 1 aromatic heterocycles. The van der Waals surface area contributed by atoms with E-state index in [0.29, 0.717) is 16.6 Å². The molecule has 1 fully saturated rings. The Morgan fingerprint density at radius 2 is 2.22 bits per heavy atom. The van der Waals surface area contributed by atoms with Gasteiger partial charge in [0, 0.05) is 12.6 Å². The zero-order chi connectivity index (χ0) is 13.1. The van der Waals surface area contributed by atoms with Gasteiger partial charge < -0.3 is 21.7 Å². The van der Waals surface area contributed by atoms with E-state index in [1.54, 1.807) is 6.07 Å². The van der Waals surface area contributed by atoms with Crippen LogP contribution in [0.5, 0.6) is 0 Å². The van der Waals surface area contributed by atoms with Crippen LogP contribution in [0.4, 0.5) is 10.7 Å². The Kier molecular flexibility index (Phi) is 4.08. The van der Waals surface area contributed by atoms with Crippen LogP contribution in [0.2, 0.25) is 0 Å². The van der Waals surface area contributed by atoms with Gasteiger partial charge in [0.25, 0.3) is 5.91 Å². The minimum Gasteiger partial charge on any atom is -0.397 e. The quantitative estimate of drug-likeness (QED) is 0.752. The molecule has 5 nitrogen and oxygen atoms in total. The Hall–Kier alpha value is -1.27. The number of carbonyl (C=O) groups is 1. The first-order valence-corrected chi connectivity index (χ1v) is 7.06. The molecule has 0 saturated carbocycles. The maximum atomic E-state index is 11.1. The second-order valence-corrected chi connectivity index (χ2v) is 5.86. The lowest BCUT2D eigenvalue weighted by molar-refractivity contribution is 0.100. The molecule has 2 heterocycles. The number of nitrogens with zero attached hydrogens (tertiary/aromatic N) is 1. The number of carbonyl (C=O) groups excluding carboxylic acids is 1. The average molecular weight is 268 g/mol. The number of likely N-dealkylation sites (tertiary alicyclic amines) is 1. The summed E-state index contributed by atoms with van der Waals surface area (Å²) in [5.41, 5.74) is 11.4. The second-order valence-electron chi connectivity index (χ2n) is 4.81. The lowest BCUT2D eigenvalue weighted by atomic mass is 10.3. The van der Waals surface area contributed by atoms with Crippen LogP contribution in [0.1, 0.15) is 29.4 Å². The van der Waals surface area contributed by atoms with Gasteiger partial charge in [0.15, 0.2) is 0 Å². The Bertz CT molecular complexity index is 426. The minimum absolute atomic E-state index is 0.335. The molecular weight excluding hydrogens is 248 g/mol. The number of hydrogen-bond donors (Lipinski definition) is 3. The van der Waals surface area contributed by atoms with Crippen molar-refractivity contribution in [2.24, 2.45) is 5.73 Å². The maximum absolute atomic E-state index is 11.1. The van der Waals surface area contributed by atoms with Gasteiger partial charge in [-0.2, -0.15) is 0 Å². The fourth-order valence-corrected chi connectivity index (χ4v) is 3.25. The number of nitrogens with two attached hydrogens (primary N) is 2. The van der Waals surface area contributed by atoms with Gasteiger partial charge in [-0.25, -0.2) is 0 Å². The third-order valence-corrected chi connectivity index (χ3v) is 4.20. The van der Waals surface area contributed by atoms with E-state index in [1.807, 2.05) is 0 Å². The van der Waals surface area contributed by atoms with Gasteiger partial charge in [-0.15, -0.1) is 11.3 Å². The van der Waals surface area contributed by atoms with E-state index in [9.17, 15) is 4.79 Å². The van der Waals surface area contributed by atoms with E-state index in [2.05, 4.69) is 17.1 Å². The van der Waals surface area contributed by atoms with Crippen LogP contribution in [0.15, 0.2) is 6.07 Å². The summed E-state index contributed by atoms with van der Waals surface area (Å²) in [6, 6.07) is 2.12. The van der Waals surface area contributed by atoms with E-state index >= 15 is 0 Å². The fourth-order valence-electron chi connectivity index (χ4n) is 2.31. The van der Waals surface area contributed by atoms with Gasteiger partial charge in [-0.3, -0.25) is 4.79 Å². The number of rotatable bonds is 5. The Morgan fingerprint density at radius 3 is 2.78 bits per heavy atom. The van der Waals surface area contributed by atoms with E-state index in [1.165, 1.54) is 37.3 Å². The zero-order valence-corrected chi connectivity index (χ0v) is 11.4. The van der Waals surface area contributed by atoms with Crippen LogP contribution in [-0.2, 0) is 0 Å². The predicted molar refractivity (Wildman–Crippen MR) is 76.0 cm³/mol. The van der Waals surface area contributed by atoms with E-state index in [4.69, 9.17) is 11.5 Å². The van der Waals surface area contributed by atoms with Gasteiger partial charge in [-0.1, -0.05) is 0 Å². The standard InChI is InChI=1S/C12H20N4OS/c1-8(7-16-4-2-3-5-16)15-10-6-9(13)11(18-10)12(14)17/h6,8,15H,2-5,7,13H2,1H3,(H2,14,17). The molecule has 0 spiro atoms. The van der Waals surface area contributed by atoms with E-state index in [0.717, 1.165) is 11.5 Å². The monoisotopic (exact) mass is 268 g/mol. The molecule has 1 aliphatic rings. The summed E-state index contributed by atoms with van der Waals surface area (Å²) in [7, 11) is 0. The van der Waals surface area contributed by atoms with Crippen LogP contribution in [0.3, 0.4) is 0 Å². The highest BCUT2D eigenvalue weighted by Gasteiger charge is 2.16. The molecule has 5 N–H and O–H groups in total. The summed E-state index contributed by atoms with van der Waals surface area (Å²) >= 11 is 1.32. The Balaban J connectivity index is 1.91. The molecule has 18 heavy (non-hydrogen) atoms. The molecule has 1 aromatic rings. The third kappa shape index (κ3) is 3.14.